The molecule has 0 saturated heterocycles. The molecule has 1 aromatic carbocycles. The number of nitrogens with one attached hydrogen (secondary N) is 1. The first-order valence-corrected chi connectivity index (χ1v) is 10.5. The Bertz CT molecular complexity index is 1290. The van der Waals surface area contributed by atoms with Crippen molar-refractivity contribution in [2.24, 2.45) is 0 Å². The van der Waals surface area contributed by atoms with Gasteiger partial charge in [-0.3, -0.25) is 19.4 Å². The molecule has 4 rings (SSSR count). The largest absolute Gasteiger partial charge is 0.507 e. The topological polar surface area (TPSA) is 126 Å². The third-order valence-electron chi connectivity index (χ3n) is 6.38. The fourth-order valence-corrected chi connectivity index (χ4v) is 4.47. The highest BCUT2D eigenvalue weighted by atomic mass is 16.5. The maximum Gasteiger partial charge on any atom is 0.194 e. The van der Waals surface area contributed by atoms with Gasteiger partial charge < -0.3 is 20.3 Å². The number of Topliss-reactive ketones (excluding diaryl/α,β-unsaturated/α-hetero) is 2. The van der Waals surface area contributed by atoms with Crippen LogP contribution in [0.5, 0.6) is 17.2 Å². The van der Waals surface area contributed by atoms with Crippen LogP contribution in [-0.4, -0.2) is 32.5 Å². The van der Waals surface area contributed by atoms with Gasteiger partial charge >= 0.3 is 0 Å². The predicted octanol–water partition coefficient (Wildman–Crippen LogP) is 3.31. The van der Waals surface area contributed by atoms with Gasteiger partial charge in [0.1, 0.15) is 34.0 Å². The molecule has 170 valence electrons. The van der Waals surface area contributed by atoms with E-state index >= 15 is 0 Å². The summed E-state index contributed by atoms with van der Waals surface area (Å²) in [5.41, 5.74) is -0.373. The summed E-state index contributed by atoms with van der Waals surface area (Å²) in [7, 11) is 0. The Kier molecular flexibility index (Phi) is 5.11. The molecule has 1 unspecified atom stereocenters. The second kappa shape index (κ2) is 7.58. The molecular formula is C25H24N2O6. The van der Waals surface area contributed by atoms with Crippen molar-refractivity contribution in [3.63, 3.8) is 0 Å². The molecule has 33 heavy (non-hydrogen) atoms. The monoisotopic (exact) mass is 448 g/mol. The Balaban J connectivity index is 1.87. The average molecular weight is 448 g/mol. The number of carbonyl (C=O) groups excluding carboxylic acids is 3. The van der Waals surface area contributed by atoms with Gasteiger partial charge in [-0.1, -0.05) is 6.07 Å². The number of ketones is 3. The van der Waals surface area contributed by atoms with Gasteiger partial charge in [-0.25, -0.2) is 0 Å². The lowest BCUT2D eigenvalue weighted by molar-refractivity contribution is -0.123. The molecular weight excluding hydrogens is 424 g/mol. The SMILES string of the molecule is CC(=O)c1c(O)c(C)c(O)c2c1OC1=CC(=O)/C(=C(/C)NC(C)c3cccnc3)C(=O)[C@@]12C. The van der Waals surface area contributed by atoms with E-state index in [1.165, 1.54) is 26.8 Å². The number of rotatable bonds is 4. The zero-order valence-corrected chi connectivity index (χ0v) is 18.9. The maximum atomic E-state index is 13.8. The molecule has 0 saturated carbocycles. The third kappa shape index (κ3) is 3.13. The van der Waals surface area contributed by atoms with E-state index in [0.717, 1.165) is 5.56 Å². The first-order valence-electron chi connectivity index (χ1n) is 10.5. The van der Waals surface area contributed by atoms with Crippen LogP contribution in [0.15, 0.2) is 47.6 Å². The van der Waals surface area contributed by atoms with Crippen LogP contribution in [0.4, 0.5) is 0 Å². The van der Waals surface area contributed by atoms with Crippen LogP contribution in [0.1, 0.15) is 60.8 Å². The Morgan fingerprint density at radius 2 is 1.91 bits per heavy atom. The van der Waals surface area contributed by atoms with E-state index < -0.39 is 28.5 Å². The molecule has 1 aromatic heterocycles. The quantitative estimate of drug-likeness (QED) is 0.370. The van der Waals surface area contributed by atoms with Gasteiger partial charge in [-0.15, -0.1) is 0 Å². The summed E-state index contributed by atoms with van der Waals surface area (Å²) < 4.78 is 5.77. The fraction of sp³-hybridized carbons (Fsp3) is 0.280. The van der Waals surface area contributed by atoms with Crippen LogP contribution < -0.4 is 10.1 Å². The van der Waals surface area contributed by atoms with Crippen molar-refractivity contribution < 1.29 is 29.3 Å². The minimum absolute atomic E-state index is 0.00663. The minimum Gasteiger partial charge on any atom is -0.507 e. The predicted molar refractivity (Wildman–Crippen MR) is 119 cm³/mol. The van der Waals surface area contributed by atoms with Crippen LogP contribution in [0.2, 0.25) is 0 Å². The second-order valence-corrected chi connectivity index (χ2v) is 8.54. The lowest BCUT2D eigenvalue weighted by atomic mass is 9.70. The summed E-state index contributed by atoms with van der Waals surface area (Å²) in [6.07, 6.45) is 4.55. The van der Waals surface area contributed by atoms with Crippen LogP contribution in [0, 0.1) is 6.92 Å². The molecule has 2 heterocycles. The van der Waals surface area contributed by atoms with Gasteiger partial charge in [-0.2, -0.15) is 0 Å². The third-order valence-corrected chi connectivity index (χ3v) is 6.38. The summed E-state index contributed by atoms with van der Waals surface area (Å²) in [4.78, 5) is 43.1. The number of hydrogen-bond acceptors (Lipinski definition) is 8. The van der Waals surface area contributed by atoms with E-state index in [1.807, 2.05) is 13.0 Å². The molecule has 8 heteroatoms. The van der Waals surface area contributed by atoms with Crippen molar-refractivity contribution in [3.05, 3.63) is 69.9 Å². The highest BCUT2D eigenvalue weighted by molar-refractivity contribution is 6.31. The van der Waals surface area contributed by atoms with Gasteiger partial charge in [0.15, 0.2) is 17.3 Å². The average Bonchev–Trinajstić information content (AvgIpc) is 3.05. The Morgan fingerprint density at radius 1 is 1.21 bits per heavy atom. The summed E-state index contributed by atoms with van der Waals surface area (Å²) in [6, 6.07) is 3.45. The number of aromatic nitrogens is 1. The number of nitrogens with zero attached hydrogens (tertiary/aromatic N) is 1. The van der Waals surface area contributed by atoms with Crippen molar-refractivity contribution in [2.75, 3.05) is 0 Å². The maximum absolute atomic E-state index is 13.8. The van der Waals surface area contributed by atoms with Crippen molar-refractivity contribution in [3.8, 4) is 17.2 Å². The number of allylic oxidation sites excluding steroid dienone is 4. The van der Waals surface area contributed by atoms with E-state index in [9.17, 15) is 24.6 Å². The van der Waals surface area contributed by atoms with Gasteiger partial charge in [0, 0.05) is 35.8 Å². The minimum atomic E-state index is -1.54. The zero-order chi connectivity index (χ0) is 24.2. The number of carbonyl (C=O) groups is 3. The van der Waals surface area contributed by atoms with Gasteiger partial charge in [0.2, 0.25) is 0 Å². The number of aromatic hydroxyl groups is 2. The summed E-state index contributed by atoms with van der Waals surface area (Å²) in [6.45, 7) is 7.75. The van der Waals surface area contributed by atoms with Crippen molar-refractivity contribution >= 4 is 17.3 Å². The van der Waals surface area contributed by atoms with Gasteiger partial charge in [0.05, 0.1) is 11.1 Å². The molecule has 8 nitrogen and oxygen atoms in total. The lowest BCUT2D eigenvalue weighted by Crippen LogP contribution is -2.41. The van der Waals surface area contributed by atoms with Crippen LogP contribution in [0.3, 0.4) is 0 Å². The first-order chi connectivity index (χ1) is 15.5. The van der Waals surface area contributed by atoms with Crippen LogP contribution in [0.25, 0.3) is 0 Å². The number of phenolic OH excluding ortho intramolecular Hbond substituents is 2. The van der Waals surface area contributed by atoms with Gasteiger partial charge in [0.25, 0.3) is 0 Å². The molecule has 0 bridgehead atoms. The van der Waals surface area contributed by atoms with Crippen LogP contribution >= 0.6 is 0 Å². The molecule has 0 spiro atoms. The molecule has 2 atom stereocenters. The van der Waals surface area contributed by atoms with E-state index in [-0.39, 0.29) is 45.6 Å². The molecule has 2 aliphatic rings. The first kappa shape index (κ1) is 22.3. The van der Waals surface area contributed by atoms with E-state index in [1.54, 1.807) is 25.4 Å². The molecule has 2 aromatic rings. The fourth-order valence-electron chi connectivity index (χ4n) is 4.47. The number of benzene rings is 1. The molecule has 0 fully saturated rings. The summed E-state index contributed by atoms with van der Waals surface area (Å²) >= 11 is 0. The summed E-state index contributed by atoms with van der Waals surface area (Å²) in [5, 5.41) is 24.5. The molecule has 0 radical (unpaired) electrons. The molecule has 1 aliphatic carbocycles. The normalized spacial score (nSPS) is 21.5. The number of hydrogen-bond donors (Lipinski definition) is 3. The van der Waals surface area contributed by atoms with Crippen LogP contribution in [-0.2, 0) is 15.0 Å². The highest BCUT2D eigenvalue weighted by Gasteiger charge is 2.56. The highest BCUT2D eigenvalue weighted by Crippen LogP contribution is 2.57. The Morgan fingerprint density at radius 3 is 2.52 bits per heavy atom. The number of fused-ring (bicyclic) bond motifs is 3. The van der Waals surface area contributed by atoms with Crippen molar-refractivity contribution in [1.82, 2.24) is 10.3 Å². The van der Waals surface area contributed by atoms with Crippen molar-refractivity contribution in [1.29, 1.82) is 0 Å². The number of phenols is 2. The Labute approximate surface area is 190 Å². The van der Waals surface area contributed by atoms with Crippen molar-refractivity contribution in [2.45, 2.75) is 46.1 Å². The molecule has 1 aliphatic heterocycles. The smallest absolute Gasteiger partial charge is 0.194 e. The molecule has 3 N–H and O–H groups in total. The second-order valence-electron chi connectivity index (χ2n) is 8.54. The Hall–Kier alpha value is -3.94. The standard InChI is InChI=1S/C25H24N2O6/c1-11-21(30)19(14(4)28)23-20(22(11)31)25(5)17(33-23)9-16(29)18(24(25)32)13(3)27-12(2)15-7-6-8-26-10-15/h6-10,12,27,30-31H,1-5H3/b18-13+/t12?,25-/m0/s1. The van der Waals surface area contributed by atoms with E-state index in [0.29, 0.717) is 5.70 Å². The number of pyridine rings is 1. The number of ether oxygens (including phenoxy) is 1. The van der Waals surface area contributed by atoms with Gasteiger partial charge in [-0.05, 0) is 46.2 Å². The molecule has 0 amide bonds. The summed E-state index contributed by atoms with van der Waals surface area (Å²) in [5.74, 6) is -2.47. The van der Waals surface area contributed by atoms with E-state index in [4.69, 9.17) is 4.74 Å². The van der Waals surface area contributed by atoms with E-state index in [2.05, 4.69) is 10.3 Å². The lowest BCUT2D eigenvalue weighted by Gasteiger charge is -2.29. The zero-order valence-electron chi connectivity index (χ0n) is 18.9.